The van der Waals surface area contributed by atoms with Crippen LogP contribution >= 0.6 is 11.8 Å². The maximum absolute atomic E-state index is 12.5. The number of benzene rings is 1. The first-order valence-electron chi connectivity index (χ1n) is 6.98. The largest absolute Gasteiger partial charge is 0.369 e. The molecule has 2 aliphatic heterocycles. The first-order valence-corrected chi connectivity index (χ1v) is 7.86. The smallest absolute Gasteiger partial charge is 0.236 e. The van der Waals surface area contributed by atoms with Crippen LogP contribution in [0.1, 0.15) is 18.4 Å². The van der Waals surface area contributed by atoms with Gasteiger partial charge in [-0.2, -0.15) is 0 Å². The number of nitrogens with two attached hydrogens (primary N) is 1. The predicted octanol–water partition coefficient (Wildman–Crippen LogP) is 1.43. The highest BCUT2D eigenvalue weighted by atomic mass is 32.2. The third-order valence-corrected chi connectivity index (χ3v) is 5.44. The van der Waals surface area contributed by atoms with Crippen molar-refractivity contribution in [1.82, 2.24) is 4.90 Å². The number of carbonyl (C=O) groups excluding carboxylic acids is 2. The molecule has 4 nitrogen and oxygen atoms in total. The van der Waals surface area contributed by atoms with Crippen LogP contribution in [0.3, 0.4) is 0 Å². The zero-order valence-electron chi connectivity index (χ0n) is 11.2. The van der Waals surface area contributed by atoms with E-state index in [1.54, 1.807) is 11.8 Å². The quantitative estimate of drug-likeness (QED) is 0.896. The average Bonchev–Trinajstić information content (AvgIpc) is 2.90. The number of fused-ring (bicyclic) bond motifs is 1. The number of hydrogen-bond donors (Lipinski definition) is 1. The number of carbonyl (C=O) groups is 2. The molecule has 106 valence electrons. The van der Waals surface area contributed by atoms with Crippen molar-refractivity contribution >= 4 is 23.6 Å². The molecule has 0 aromatic heterocycles. The lowest BCUT2D eigenvalue weighted by atomic mass is 9.96. The summed E-state index contributed by atoms with van der Waals surface area (Å²) in [5, 5.41) is -0.00229. The molecule has 3 rings (SSSR count). The minimum absolute atomic E-state index is 0.00229. The van der Waals surface area contributed by atoms with E-state index in [0.29, 0.717) is 25.9 Å². The Hall–Kier alpha value is -1.49. The number of likely N-dealkylation sites (tertiary alicyclic amines) is 1. The van der Waals surface area contributed by atoms with Crippen LogP contribution in [-0.2, 0) is 16.0 Å². The molecule has 2 amide bonds. The molecule has 2 aliphatic rings. The van der Waals surface area contributed by atoms with Crippen LogP contribution in [0, 0.1) is 5.92 Å². The molecule has 0 radical (unpaired) electrons. The van der Waals surface area contributed by atoms with Crippen molar-refractivity contribution in [1.29, 1.82) is 0 Å². The monoisotopic (exact) mass is 290 g/mol. The Labute approximate surface area is 122 Å². The molecule has 2 N–H and O–H groups in total. The summed E-state index contributed by atoms with van der Waals surface area (Å²) in [6.45, 7) is 1.31. The molecular formula is C15H18N2O2S. The van der Waals surface area contributed by atoms with E-state index in [-0.39, 0.29) is 23.0 Å². The number of hydrogen-bond acceptors (Lipinski definition) is 3. The summed E-state index contributed by atoms with van der Waals surface area (Å²) in [7, 11) is 0. The summed E-state index contributed by atoms with van der Waals surface area (Å²) < 4.78 is 0. The molecule has 20 heavy (non-hydrogen) atoms. The van der Waals surface area contributed by atoms with E-state index in [1.165, 1.54) is 10.5 Å². The van der Waals surface area contributed by atoms with Crippen molar-refractivity contribution in [3.63, 3.8) is 0 Å². The second kappa shape index (κ2) is 5.48. The Morgan fingerprint density at radius 1 is 1.20 bits per heavy atom. The second-order valence-electron chi connectivity index (χ2n) is 5.42. The summed E-state index contributed by atoms with van der Waals surface area (Å²) in [5.74, 6) is -0.0960. The van der Waals surface area contributed by atoms with Gasteiger partial charge in [-0.05, 0) is 30.9 Å². The van der Waals surface area contributed by atoms with Crippen molar-refractivity contribution in [2.24, 2.45) is 11.7 Å². The molecule has 0 saturated carbocycles. The average molecular weight is 290 g/mol. The van der Waals surface area contributed by atoms with Crippen molar-refractivity contribution in [3.8, 4) is 0 Å². The van der Waals surface area contributed by atoms with Crippen molar-refractivity contribution in [2.75, 3.05) is 13.1 Å². The van der Waals surface area contributed by atoms with E-state index in [9.17, 15) is 9.59 Å². The van der Waals surface area contributed by atoms with Crippen LogP contribution in [0.5, 0.6) is 0 Å². The van der Waals surface area contributed by atoms with Crippen LogP contribution in [0.2, 0.25) is 0 Å². The van der Waals surface area contributed by atoms with E-state index >= 15 is 0 Å². The van der Waals surface area contributed by atoms with Crippen LogP contribution < -0.4 is 5.73 Å². The number of nitrogens with zero attached hydrogens (tertiary/aromatic N) is 1. The fraction of sp³-hybridized carbons (Fsp3) is 0.467. The zero-order chi connectivity index (χ0) is 14.1. The fourth-order valence-corrected chi connectivity index (χ4v) is 4.19. The Kier molecular flexibility index (Phi) is 3.70. The predicted molar refractivity (Wildman–Crippen MR) is 78.3 cm³/mol. The summed E-state index contributed by atoms with van der Waals surface area (Å²) in [4.78, 5) is 26.8. The Morgan fingerprint density at radius 2 is 1.90 bits per heavy atom. The summed E-state index contributed by atoms with van der Waals surface area (Å²) in [6, 6.07) is 8.20. The minimum Gasteiger partial charge on any atom is -0.369 e. The first kappa shape index (κ1) is 13.5. The Morgan fingerprint density at radius 3 is 2.55 bits per heavy atom. The summed E-state index contributed by atoms with van der Waals surface area (Å²) in [6.07, 6.45) is 2.21. The first-order chi connectivity index (χ1) is 9.65. The topological polar surface area (TPSA) is 63.4 Å². The number of amides is 2. The maximum atomic E-state index is 12.5. The van der Waals surface area contributed by atoms with E-state index < -0.39 is 0 Å². The lowest BCUT2D eigenvalue weighted by molar-refractivity contribution is -0.134. The van der Waals surface area contributed by atoms with Gasteiger partial charge in [-0.25, -0.2) is 0 Å². The molecule has 1 saturated heterocycles. The highest BCUT2D eigenvalue weighted by Gasteiger charge is 2.33. The molecule has 1 aromatic carbocycles. The van der Waals surface area contributed by atoms with Crippen molar-refractivity contribution in [2.45, 2.75) is 29.4 Å². The highest BCUT2D eigenvalue weighted by Crippen LogP contribution is 2.38. The number of rotatable bonds is 2. The fourth-order valence-electron chi connectivity index (χ4n) is 2.91. The number of primary amides is 1. The van der Waals surface area contributed by atoms with Crippen LogP contribution in [-0.4, -0.2) is 35.1 Å². The molecule has 0 bridgehead atoms. The minimum atomic E-state index is -0.236. The third kappa shape index (κ3) is 2.54. The molecule has 5 heteroatoms. The number of thioether (sulfide) groups is 1. The van der Waals surface area contributed by atoms with Gasteiger partial charge in [0.15, 0.2) is 0 Å². The van der Waals surface area contributed by atoms with Gasteiger partial charge in [-0.15, -0.1) is 11.8 Å². The van der Waals surface area contributed by atoms with Gasteiger partial charge in [0, 0.05) is 23.9 Å². The van der Waals surface area contributed by atoms with Gasteiger partial charge in [0.05, 0.1) is 5.25 Å². The van der Waals surface area contributed by atoms with E-state index in [1.807, 2.05) is 17.0 Å². The molecule has 1 atom stereocenters. The summed E-state index contributed by atoms with van der Waals surface area (Å²) in [5.41, 5.74) is 6.59. The molecule has 2 heterocycles. The van der Waals surface area contributed by atoms with Gasteiger partial charge >= 0.3 is 0 Å². The van der Waals surface area contributed by atoms with Crippen LogP contribution in [0.15, 0.2) is 29.2 Å². The number of piperidine rings is 1. The molecule has 0 spiro atoms. The second-order valence-corrected chi connectivity index (χ2v) is 6.66. The molecule has 0 unspecified atom stereocenters. The Balaban J connectivity index is 1.60. The van der Waals surface area contributed by atoms with E-state index in [2.05, 4.69) is 12.1 Å². The SMILES string of the molecule is NC(=O)C1CCN(C(=O)[C@@H]2Cc3ccccc3S2)CC1. The zero-order valence-corrected chi connectivity index (χ0v) is 12.1. The van der Waals surface area contributed by atoms with E-state index in [0.717, 1.165) is 6.42 Å². The molecule has 1 fully saturated rings. The third-order valence-electron chi connectivity index (χ3n) is 4.13. The van der Waals surface area contributed by atoms with Crippen molar-refractivity contribution < 1.29 is 9.59 Å². The lowest BCUT2D eigenvalue weighted by Crippen LogP contribution is -2.45. The lowest BCUT2D eigenvalue weighted by Gasteiger charge is -2.32. The van der Waals surface area contributed by atoms with Gasteiger partial charge in [0.2, 0.25) is 11.8 Å². The van der Waals surface area contributed by atoms with Gasteiger partial charge in [-0.3, -0.25) is 9.59 Å². The molecular weight excluding hydrogens is 272 g/mol. The molecule has 1 aromatic rings. The van der Waals surface area contributed by atoms with Crippen LogP contribution in [0.4, 0.5) is 0 Å². The summed E-state index contributed by atoms with van der Waals surface area (Å²) >= 11 is 1.66. The van der Waals surface area contributed by atoms with Gasteiger partial charge in [-0.1, -0.05) is 18.2 Å². The Bertz CT molecular complexity index is 513. The molecule has 0 aliphatic carbocycles. The van der Waals surface area contributed by atoms with E-state index in [4.69, 9.17) is 5.73 Å². The highest BCUT2D eigenvalue weighted by molar-refractivity contribution is 8.01. The maximum Gasteiger partial charge on any atom is 0.236 e. The van der Waals surface area contributed by atoms with Crippen LogP contribution in [0.25, 0.3) is 0 Å². The van der Waals surface area contributed by atoms with Crippen molar-refractivity contribution in [3.05, 3.63) is 29.8 Å². The standard InChI is InChI=1S/C15H18N2O2S/c16-14(18)10-5-7-17(8-6-10)15(19)13-9-11-3-1-2-4-12(11)20-13/h1-4,10,13H,5-9H2,(H2,16,18)/t13-/m0/s1. The van der Waals surface area contributed by atoms with Gasteiger partial charge in [0.25, 0.3) is 0 Å². The van der Waals surface area contributed by atoms with Gasteiger partial charge < -0.3 is 10.6 Å². The normalized spacial score (nSPS) is 22.6. The van der Waals surface area contributed by atoms with Gasteiger partial charge in [0.1, 0.15) is 0 Å².